The van der Waals surface area contributed by atoms with E-state index in [9.17, 15) is 9.59 Å². The van der Waals surface area contributed by atoms with Crippen LogP contribution in [0.2, 0.25) is 0 Å². The fourth-order valence-electron chi connectivity index (χ4n) is 2.65. The van der Waals surface area contributed by atoms with Crippen LogP contribution in [0.5, 0.6) is 0 Å². The molecule has 0 fully saturated rings. The molecule has 0 unspecified atom stereocenters. The second-order valence-electron chi connectivity index (χ2n) is 5.15. The molecule has 1 aliphatic heterocycles. The first-order valence-corrected chi connectivity index (χ1v) is 7.83. The van der Waals surface area contributed by atoms with Gasteiger partial charge >= 0.3 is 0 Å². The Morgan fingerprint density at radius 2 is 1.86 bits per heavy atom. The average molecular weight is 359 g/mol. The molecule has 0 aromatic heterocycles. The molecule has 0 saturated carbocycles. The summed E-state index contributed by atoms with van der Waals surface area (Å²) in [5.41, 5.74) is 3.11. The van der Waals surface area contributed by atoms with Crippen LogP contribution >= 0.6 is 15.9 Å². The molecule has 0 aliphatic carbocycles. The van der Waals surface area contributed by atoms with Gasteiger partial charge in [0.1, 0.15) is 0 Å². The van der Waals surface area contributed by atoms with E-state index in [4.69, 9.17) is 0 Å². The number of anilines is 2. The smallest absolute Gasteiger partial charge is 0.265 e. The fourth-order valence-corrected chi connectivity index (χ4v) is 2.92. The van der Waals surface area contributed by atoms with Gasteiger partial charge in [0, 0.05) is 23.5 Å². The summed E-state index contributed by atoms with van der Waals surface area (Å²) in [5, 5.41) is 3.27. The molecule has 1 heterocycles. The van der Waals surface area contributed by atoms with Crippen molar-refractivity contribution in [2.24, 2.45) is 0 Å². The largest absolute Gasteiger partial charge is 0.383 e. The van der Waals surface area contributed by atoms with Crippen molar-refractivity contribution in [3.8, 4) is 0 Å². The Bertz CT molecular complexity index is 741. The van der Waals surface area contributed by atoms with Crippen LogP contribution in [-0.2, 0) is 11.2 Å². The van der Waals surface area contributed by atoms with Crippen molar-refractivity contribution in [2.75, 3.05) is 16.8 Å². The Balaban J connectivity index is 2.04. The number of para-hydroxylation sites is 1. The van der Waals surface area contributed by atoms with Gasteiger partial charge in [0.15, 0.2) is 0 Å². The monoisotopic (exact) mass is 358 g/mol. The third-order valence-electron chi connectivity index (χ3n) is 3.67. The van der Waals surface area contributed by atoms with Gasteiger partial charge < -0.3 is 5.32 Å². The number of amides is 2. The summed E-state index contributed by atoms with van der Waals surface area (Å²) in [6.45, 7) is 2.23. The number of nitrogens with zero attached hydrogens (tertiary/aromatic N) is 1. The lowest BCUT2D eigenvalue weighted by Gasteiger charge is -2.22. The van der Waals surface area contributed by atoms with E-state index in [-0.39, 0.29) is 11.8 Å². The second-order valence-corrected chi connectivity index (χ2v) is 6.07. The minimum absolute atomic E-state index is 0.296. The lowest BCUT2D eigenvalue weighted by atomic mass is 10.1. The molecule has 1 aliphatic rings. The Hall–Kier alpha value is -2.14. The third kappa shape index (κ3) is 2.64. The van der Waals surface area contributed by atoms with Crippen LogP contribution in [-0.4, -0.2) is 18.4 Å². The molecule has 2 aromatic rings. The first-order chi connectivity index (χ1) is 10.6. The van der Waals surface area contributed by atoms with Gasteiger partial charge in [-0.15, -0.1) is 0 Å². The highest BCUT2D eigenvalue weighted by molar-refractivity contribution is 9.10. The molecule has 4 nitrogen and oxygen atoms in total. The summed E-state index contributed by atoms with van der Waals surface area (Å²) in [6, 6.07) is 12.7. The summed E-state index contributed by atoms with van der Waals surface area (Å²) in [6.07, 6.45) is 0.904. The quantitative estimate of drug-likeness (QED) is 0.891. The van der Waals surface area contributed by atoms with Gasteiger partial charge in [0.05, 0.1) is 11.4 Å². The summed E-state index contributed by atoms with van der Waals surface area (Å²) in [7, 11) is 0. The van der Waals surface area contributed by atoms with E-state index in [1.54, 1.807) is 30.3 Å². The molecule has 0 atom stereocenters. The Morgan fingerprint density at radius 1 is 1.14 bits per heavy atom. The van der Waals surface area contributed by atoms with Crippen LogP contribution < -0.4 is 10.2 Å². The first kappa shape index (κ1) is 14.8. The highest BCUT2D eigenvalue weighted by Crippen LogP contribution is 2.34. The molecule has 2 amide bonds. The van der Waals surface area contributed by atoms with Crippen molar-refractivity contribution < 1.29 is 9.59 Å². The maximum atomic E-state index is 12.8. The van der Waals surface area contributed by atoms with Gasteiger partial charge in [-0.1, -0.05) is 28.1 Å². The Morgan fingerprint density at radius 3 is 2.55 bits per heavy atom. The number of carbonyl (C=O) groups excluding carboxylic acids is 2. The first-order valence-electron chi connectivity index (χ1n) is 7.04. The SMILES string of the molecule is CC(=O)N(C(=O)c1ccc(Br)cc1)c1cccc2c1NCC2. The number of hydrogen-bond acceptors (Lipinski definition) is 3. The molecule has 1 N–H and O–H groups in total. The molecular formula is C17H15BrN2O2. The molecule has 5 heteroatoms. The normalized spacial score (nSPS) is 12.5. The lowest BCUT2D eigenvalue weighted by molar-refractivity contribution is -0.115. The average Bonchev–Trinajstić information content (AvgIpc) is 2.97. The van der Waals surface area contributed by atoms with Gasteiger partial charge in [0.25, 0.3) is 5.91 Å². The van der Waals surface area contributed by atoms with Gasteiger partial charge in [0.2, 0.25) is 5.91 Å². The van der Waals surface area contributed by atoms with Crippen molar-refractivity contribution in [1.29, 1.82) is 0 Å². The topological polar surface area (TPSA) is 49.4 Å². The third-order valence-corrected chi connectivity index (χ3v) is 4.20. The number of imide groups is 1. The van der Waals surface area contributed by atoms with Crippen LogP contribution in [0, 0.1) is 0 Å². The van der Waals surface area contributed by atoms with Crippen LogP contribution in [0.25, 0.3) is 0 Å². The zero-order valence-electron chi connectivity index (χ0n) is 12.1. The van der Waals surface area contributed by atoms with E-state index in [2.05, 4.69) is 21.2 Å². The lowest BCUT2D eigenvalue weighted by Crippen LogP contribution is -2.35. The Labute approximate surface area is 137 Å². The fraction of sp³-hybridized carbons (Fsp3) is 0.176. The van der Waals surface area contributed by atoms with Gasteiger partial charge in [-0.25, -0.2) is 4.90 Å². The highest BCUT2D eigenvalue weighted by Gasteiger charge is 2.26. The Kier molecular flexibility index (Phi) is 3.98. The molecule has 2 aromatic carbocycles. The number of halogens is 1. The van der Waals surface area contributed by atoms with Crippen molar-refractivity contribution in [3.63, 3.8) is 0 Å². The van der Waals surface area contributed by atoms with E-state index < -0.39 is 0 Å². The molecule has 0 spiro atoms. The zero-order valence-corrected chi connectivity index (χ0v) is 13.7. The van der Waals surface area contributed by atoms with Crippen molar-refractivity contribution >= 4 is 39.1 Å². The molecular weight excluding hydrogens is 344 g/mol. The van der Waals surface area contributed by atoms with E-state index in [0.29, 0.717) is 11.3 Å². The summed E-state index contributed by atoms with van der Waals surface area (Å²) >= 11 is 3.34. The summed E-state index contributed by atoms with van der Waals surface area (Å²) in [4.78, 5) is 26.1. The summed E-state index contributed by atoms with van der Waals surface area (Å²) < 4.78 is 0.890. The van der Waals surface area contributed by atoms with Crippen molar-refractivity contribution in [1.82, 2.24) is 0 Å². The van der Waals surface area contributed by atoms with Gasteiger partial charge in [-0.2, -0.15) is 0 Å². The van der Waals surface area contributed by atoms with Gasteiger partial charge in [-0.05, 0) is 42.3 Å². The molecule has 22 heavy (non-hydrogen) atoms. The minimum atomic E-state index is -0.317. The van der Waals surface area contributed by atoms with Crippen LogP contribution in [0.3, 0.4) is 0 Å². The molecule has 112 valence electrons. The second kappa shape index (κ2) is 5.93. The number of benzene rings is 2. The van der Waals surface area contributed by atoms with Crippen molar-refractivity contribution in [2.45, 2.75) is 13.3 Å². The van der Waals surface area contributed by atoms with E-state index in [1.807, 2.05) is 12.1 Å². The maximum Gasteiger partial charge on any atom is 0.265 e. The minimum Gasteiger partial charge on any atom is -0.383 e. The van der Waals surface area contributed by atoms with E-state index in [0.717, 1.165) is 28.7 Å². The van der Waals surface area contributed by atoms with Gasteiger partial charge in [-0.3, -0.25) is 9.59 Å². The summed E-state index contributed by atoms with van der Waals surface area (Å²) in [5.74, 6) is -0.614. The van der Waals surface area contributed by atoms with E-state index >= 15 is 0 Å². The molecule has 3 rings (SSSR count). The maximum absolute atomic E-state index is 12.8. The molecule has 0 bridgehead atoms. The molecule has 0 radical (unpaired) electrons. The van der Waals surface area contributed by atoms with Crippen LogP contribution in [0.1, 0.15) is 22.8 Å². The number of fused-ring (bicyclic) bond motifs is 1. The van der Waals surface area contributed by atoms with Crippen LogP contribution in [0.4, 0.5) is 11.4 Å². The number of carbonyl (C=O) groups is 2. The highest BCUT2D eigenvalue weighted by atomic mass is 79.9. The number of hydrogen-bond donors (Lipinski definition) is 1. The van der Waals surface area contributed by atoms with E-state index in [1.165, 1.54) is 11.8 Å². The van der Waals surface area contributed by atoms with Crippen LogP contribution in [0.15, 0.2) is 46.9 Å². The predicted molar refractivity (Wildman–Crippen MR) is 90.3 cm³/mol. The zero-order chi connectivity index (χ0) is 15.7. The standard InChI is InChI=1S/C17H15BrN2O2/c1-11(21)20(17(22)13-5-7-14(18)8-6-13)15-4-2-3-12-9-10-19-16(12)15/h2-8,19H,9-10H2,1H3. The number of rotatable bonds is 2. The molecule has 0 saturated heterocycles. The number of nitrogens with one attached hydrogen (secondary N) is 1. The predicted octanol–water partition coefficient (Wildman–Crippen LogP) is 3.61. The van der Waals surface area contributed by atoms with Crippen molar-refractivity contribution in [3.05, 3.63) is 58.1 Å².